The van der Waals surface area contributed by atoms with Crippen LogP contribution >= 0.6 is 0 Å². The Morgan fingerprint density at radius 1 is 1.50 bits per heavy atom. The molecule has 1 heterocycles. The quantitative estimate of drug-likeness (QED) is 0.832. The lowest BCUT2D eigenvalue weighted by Crippen LogP contribution is -2.06. The van der Waals surface area contributed by atoms with E-state index in [9.17, 15) is 9.50 Å². The molecule has 2 rings (SSSR count). The van der Waals surface area contributed by atoms with Crippen LogP contribution in [0.2, 0.25) is 0 Å². The van der Waals surface area contributed by atoms with E-state index in [-0.39, 0.29) is 12.2 Å². The minimum absolute atomic E-state index is 0.285. The van der Waals surface area contributed by atoms with E-state index in [0.717, 1.165) is 0 Å². The number of hydrogen-bond donors (Lipinski definition) is 2. The molecule has 1 aromatic carbocycles. The van der Waals surface area contributed by atoms with Gasteiger partial charge in [0.1, 0.15) is 11.6 Å². The molecule has 0 bridgehead atoms. The van der Waals surface area contributed by atoms with E-state index in [0.29, 0.717) is 17.0 Å². The second kappa shape index (κ2) is 4.45. The summed E-state index contributed by atoms with van der Waals surface area (Å²) in [6.45, 7) is 1.68. The highest BCUT2D eigenvalue weighted by molar-refractivity contribution is 5.27. The number of benzene rings is 1. The van der Waals surface area contributed by atoms with Gasteiger partial charge in [-0.25, -0.2) is 9.37 Å². The minimum Gasteiger partial charge on any atom is -0.388 e. The first kappa shape index (κ1) is 10.8. The Bertz CT molecular complexity index is 468. The second-order valence-electron chi connectivity index (χ2n) is 3.73. The van der Waals surface area contributed by atoms with Crippen molar-refractivity contribution < 1.29 is 9.50 Å². The van der Waals surface area contributed by atoms with E-state index >= 15 is 0 Å². The van der Waals surface area contributed by atoms with Gasteiger partial charge in [0.25, 0.3) is 0 Å². The molecular formula is C12H13FN2O. The Kier molecular flexibility index (Phi) is 3.01. The molecule has 16 heavy (non-hydrogen) atoms. The smallest absolute Gasteiger partial charge is 0.131 e. The van der Waals surface area contributed by atoms with Crippen LogP contribution in [0.4, 0.5) is 4.39 Å². The summed E-state index contributed by atoms with van der Waals surface area (Å²) < 4.78 is 13.7. The molecule has 0 fully saturated rings. The van der Waals surface area contributed by atoms with E-state index in [1.165, 1.54) is 0 Å². The number of nitrogens with zero attached hydrogens (tertiary/aromatic N) is 1. The third-order valence-corrected chi connectivity index (χ3v) is 2.52. The standard InChI is InChI=1S/C12H13FN2O/c1-8-3-2-4-9(12(8)13)10(16)7-11-14-5-6-15-11/h2-6,10,16H,7H2,1H3,(H,14,15). The van der Waals surface area contributed by atoms with Gasteiger partial charge in [-0.3, -0.25) is 0 Å². The van der Waals surface area contributed by atoms with Crippen LogP contribution in [0.1, 0.15) is 23.1 Å². The van der Waals surface area contributed by atoms with Crippen LogP contribution in [0.5, 0.6) is 0 Å². The summed E-state index contributed by atoms with van der Waals surface area (Å²) in [5.74, 6) is 0.301. The molecule has 4 heteroatoms. The number of imidazole rings is 1. The molecular weight excluding hydrogens is 207 g/mol. The fourth-order valence-corrected chi connectivity index (χ4v) is 1.63. The lowest BCUT2D eigenvalue weighted by Gasteiger charge is -2.11. The van der Waals surface area contributed by atoms with Crippen molar-refractivity contribution in [2.75, 3.05) is 0 Å². The number of aliphatic hydroxyl groups is 1. The molecule has 0 saturated carbocycles. The summed E-state index contributed by atoms with van der Waals surface area (Å²) in [4.78, 5) is 6.87. The second-order valence-corrected chi connectivity index (χ2v) is 3.73. The number of aliphatic hydroxyl groups excluding tert-OH is 1. The third-order valence-electron chi connectivity index (χ3n) is 2.52. The first-order valence-electron chi connectivity index (χ1n) is 5.10. The molecule has 0 saturated heterocycles. The Hall–Kier alpha value is -1.68. The number of aromatic amines is 1. The first-order valence-corrected chi connectivity index (χ1v) is 5.10. The predicted molar refractivity (Wildman–Crippen MR) is 58.4 cm³/mol. The van der Waals surface area contributed by atoms with Gasteiger partial charge in [0.15, 0.2) is 0 Å². The lowest BCUT2D eigenvalue weighted by atomic mass is 10.0. The molecule has 1 unspecified atom stereocenters. The minimum atomic E-state index is -0.869. The lowest BCUT2D eigenvalue weighted by molar-refractivity contribution is 0.171. The number of halogens is 1. The van der Waals surface area contributed by atoms with Gasteiger partial charge in [0.05, 0.1) is 6.10 Å². The van der Waals surface area contributed by atoms with E-state index in [4.69, 9.17) is 0 Å². The zero-order chi connectivity index (χ0) is 11.5. The zero-order valence-electron chi connectivity index (χ0n) is 8.94. The maximum atomic E-state index is 13.7. The van der Waals surface area contributed by atoms with Crippen molar-refractivity contribution in [3.63, 3.8) is 0 Å². The van der Waals surface area contributed by atoms with Crippen molar-refractivity contribution in [1.29, 1.82) is 0 Å². The fraction of sp³-hybridized carbons (Fsp3) is 0.250. The summed E-state index contributed by atoms with van der Waals surface area (Å²) in [7, 11) is 0. The van der Waals surface area contributed by atoms with Crippen LogP contribution in [-0.2, 0) is 6.42 Å². The molecule has 2 aromatic rings. The molecule has 3 nitrogen and oxygen atoms in total. The summed E-state index contributed by atoms with van der Waals surface area (Å²) in [6.07, 6.45) is 2.70. The van der Waals surface area contributed by atoms with Crippen molar-refractivity contribution in [2.24, 2.45) is 0 Å². The largest absolute Gasteiger partial charge is 0.388 e. The van der Waals surface area contributed by atoms with Crippen LogP contribution in [0.3, 0.4) is 0 Å². The molecule has 0 aliphatic heterocycles. The molecule has 0 aliphatic rings. The molecule has 0 aliphatic carbocycles. The van der Waals surface area contributed by atoms with Gasteiger partial charge in [-0.05, 0) is 12.5 Å². The van der Waals surface area contributed by atoms with E-state index in [1.807, 2.05) is 0 Å². The van der Waals surface area contributed by atoms with Crippen LogP contribution in [0.15, 0.2) is 30.6 Å². The Balaban J connectivity index is 2.21. The van der Waals surface area contributed by atoms with Crippen LogP contribution < -0.4 is 0 Å². The molecule has 2 N–H and O–H groups in total. The highest BCUT2D eigenvalue weighted by atomic mass is 19.1. The van der Waals surface area contributed by atoms with Crippen molar-refractivity contribution in [3.8, 4) is 0 Å². The Morgan fingerprint density at radius 3 is 3.00 bits per heavy atom. The topological polar surface area (TPSA) is 48.9 Å². The van der Waals surface area contributed by atoms with Gasteiger partial charge in [-0.1, -0.05) is 18.2 Å². The van der Waals surface area contributed by atoms with Crippen LogP contribution in [0, 0.1) is 12.7 Å². The Labute approximate surface area is 93.0 Å². The van der Waals surface area contributed by atoms with Gasteiger partial charge in [-0.2, -0.15) is 0 Å². The summed E-state index contributed by atoms with van der Waals surface area (Å²) in [5.41, 5.74) is 0.854. The fourth-order valence-electron chi connectivity index (χ4n) is 1.63. The molecule has 0 spiro atoms. The number of rotatable bonds is 3. The summed E-state index contributed by atoms with van der Waals surface area (Å²) >= 11 is 0. The average molecular weight is 220 g/mol. The maximum absolute atomic E-state index is 13.7. The van der Waals surface area contributed by atoms with Crippen molar-refractivity contribution in [3.05, 3.63) is 53.4 Å². The zero-order valence-corrected chi connectivity index (χ0v) is 8.94. The van der Waals surface area contributed by atoms with Crippen LogP contribution in [0.25, 0.3) is 0 Å². The third kappa shape index (κ3) is 2.12. The van der Waals surface area contributed by atoms with Crippen molar-refractivity contribution in [1.82, 2.24) is 9.97 Å². The average Bonchev–Trinajstić information content (AvgIpc) is 2.74. The van der Waals surface area contributed by atoms with Gasteiger partial charge in [0.2, 0.25) is 0 Å². The van der Waals surface area contributed by atoms with Crippen molar-refractivity contribution in [2.45, 2.75) is 19.4 Å². The monoisotopic (exact) mass is 220 g/mol. The van der Waals surface area contributed by atoms with E-state index in [2.05, 4.69) is 9.97 Å². The summed E-state index contributed by atoms with van der Waals surface area (Å²) in [6, 6.07) is 5.01. The number of H-pyrrole nitrogens is 1. The molecule has 1 aromatic heterocycles. The first-order chi connectivity index (χ1) is 7.68. The van der Waals surface area contributed by atoms with Gasteiger partial charge >= 0.3 is 0 Å². The maximum Gasteiger partial charge on any atom is 0.131 e. The van der Waals surface area contributed by atoms with Gasteiger partial charge in [0, 0.05) is 24.4 Å². The SMILES string of the molecule is Cc1cccc(C(O)Cc2ncc[nH]2)c1F. The Morgan fingerprint density at radius 2 is 2.31 bits per heavy atom. The van der Waals surface area contributed by atoms with E-state index in [1.54, 1.807) is 37.5 Å². The molecule has 0 amide bonds. The van der Waals surface area contributed by atoms with Gasteiger partial charge in [-0.15, -0.1) is 0 Å². The molecule has 0 radical (unpaired) electrons. The molecule has 1 atom stereocenters. The number of hydrogen-bond acceptors (Lipinski definition) is 2. The molecule has 84 valence electrons. The summed E-state index contributed by atoms with van der Waals surface area (Å²) in [5, 5.41) is 9.90. The predicted octanol–water partition coefficient (Wildman–Crippen LogP) is 2.13. The number of aromatic nitrogens is 2. The van der Waals surface area contributed by atoms with Crippen LogP contribution in [-0.4, -0.2) is 15.1 Å². The van der Waals surface area contributed by atoms with Crippen molar-refractivity contribution >= 4 is 0 Å². The number of aryl methyl sites for hydroxylation is 1. The highest BCUT2D eigenvalue weighted by Crippen LogP contribution is 2.21. The number of nitrogens with one attached hydrogen (secondary N) is 1. The highest BCUT2D eigenvalue weighted by Gasteiger charge is 2.15. The van der Waals surface area contributed by atoms with E-state index < -0.39 is 6.10 Å². The van der Waals surface area contributed by atoms with Gasteiger partial charge < -0.3 is 10.1 Å². The normalized spacial score (nSPS) is 12.7.